The quantitative estimate of drug-likeness (QED) is 0.706. The van der Waals surface area contributed by atoms with E-state index >= 15 is 0 Å². The van der Waals surface area contributed by atoms with Gasteiger partial charge in [0.15, 0.2) is 5.69 Å². The molecule has 0 saturated heterocycles. The molecule has 1 aromatic carbocycles. The van der Waals surface area contributed by atoms with Gasteiger partial charge in [0.1, 0.15) is 0 Å². The standard InChI is InChI=1S/C23H30N4O/c1-23(2)19-11-10-18(20(23)15-19)12-13-24-22(28)21-16-27(26-25-21)14-6-9-17-7-4-3-5-8-17/h3-5,7-8,10,16,19-20H,6,9,11-15H2,1-2H3,(H,24,28)/t19-,20-/m0/s1. The number of allylic oxidation sites excluding steroid dienone is 1. The van der Waals surface area contributed by atoms with Crippen LogP contribution in [0.1, 0.15) is 55.6 Å². The van der Waals surface area contributed by atoms with Crippen LogP contribution >= 0.6 is 0 Å². The van der Waals surface area contributed by atoms with E-state index in [0.717, 1.165) is 31.7 Å². The summed E-state index contributed by atoms with van der Waals surface area (Å²) in [5.41, 5.74) is 3.69. The number of fused-ring (bicyclic) bond motifs is 1. The maximum absolute atomic E-state index is 12.4. The number of nitrogens with zero attached hydrogens (tertiary/aromatic N) is 3. The lowest BCUT2D eigenvalue weighted by Gasteiger charge is -2.56. The van der Waals surface area contributed by atoms with Crippen molar-refractivity contribution in [2.24, 2.45) is 17.3 Å². The minimum absolute atomic E-state index is 0.128. The van der Waals surface area contributed by atoms with Gasteiger partial charge in [-0.3, -0.25) is 9.48 Å². The van der Waals surface area contributed by atoms with Crippen LogP contribution in [0, 0.1) is 17.3 Å². The second-order valence-electron chi connectivity index (χ2n) is 8.78. The van der Waals surface area contributed by atoms with Gasteiger partial charge in [-0.25, -0.2) is 0 Å². The molecule has 1 heterocycles. The molecule has 0 spiro atoms. The van der Waals surface area contributed by atoms with E-state index in [1.54, 1.807) is 10.9 Å². The van der Waals surface area contributed by atoms with Crippen LogP contribution in [0.4, 0.5) is 0 Å². The van der Waals surface area contributed by atoms with Crippen molar-refractivity contribution in [1.29, 1.82) is 0 Å². The van der Waals surface area contributed by atoms with Gasteiger partial charge in [-0.15, -0.1) is 5.10 Å². The summed E-state index contributed by atoms with van der Waals surface area (Å²) in [6.07, 6.45) is 9.58. The summed E-state index contributed by atoms with van der Waals surface area (Å²) < 4.78 is 1.76. The van der Waals surface area contributed by atoms with Crippen LogP contribution in [-0.4, -0.2) is 27.4 Å². The van der Waals surface area contributed by atoms with Gasteiger partial charge in [0.2, 0.25) is 0 Å². The minimum atomic E-state index is -0.128. The Morgan fingerprint density at radius 2 is 2.07 bits per heavy atom. The predicted molar refractivity (Wildman–Crippen MR) is 110 cm³/mol. The molecule has 2 aromatic rings. The molecule has 0 aliphatic heterocycles. The average molecular weight is 379 g/mol. The number of carbonyl (C=O) groups is 1. The summed E-state index contributed by atoms with van der Waals surface area (Å²) in [4.78, 5) is 12.4. The average Bonchev–Trinajstić information content (AvgIpc) is 3.18. The molecule has 5 heteroatoms. The lowest BCUT2D eigenvalue weighted by Crippen LogP contribution is -2.48. The van der Waals surface area contributed by atoms with Crippen LogP contribution in [0.5, 0.6) is 0 Å². The van der Waals surface area contributed by atoms with Crippen LogP contribution in [0.3, 0.4) is 0 Å². The Balaban J connectivity index is 1.21. The largest absolute Gasteiger partial charge is 0.350 e. The first-order chi connectivity index (χ1) is 13.5. The number of hydrogen-bond donors (Lipinski definition) is 1. The second kappa shape index (κ2) is 7.90. The van der Waals surface area contributed by atoms with E-state index in [2.05, 4.69) is 59.8 Å². The van der Waals surface area contributed by atoms with E-state index in [1.165, 1.54) is 24.0 Å². The Morgan fingerprint density at radius 1 is 1.25 bits per heavy atom. The fraction of sp³-hybridized carbons (Fsp3) is 0.522. The number of carbonyl (C=O) groups excluding carboxylic acids is 1. The van der Waals surface area contributed by atoms with Crippen molar-refractivity contribution in [3.8, 4) is 0 Å². The van der Waals surface area contributed by atoms with E-state index < -0.39 is 0 Å². The molecule has 2 bridgehead atoms. The van der Waals surface area contributed by atoms with E-state index in [-0.39, 0.29) is 5.91 Å². The van der Waals surface area contributed by atoms with Crippen molar-refractivity contribution < 1.29 is 4.79 Å². The van der Waals surface area contributed by atoms with Crippen molar-refractivity contribution >= 4 is 5.91 Å². The minimum Gasteiger partial charge on any atom is -0.350 e. The number of aromatic nitrogens is 3. The van der Waals surface area contributed by atoms with Crippen molar-refractivity contribution in [1.82, 2.24) is 20.3 Å². The third kappa shape index (κ3) is 3.89. The van der Waals surface area contributed by atoms with E-state index in [9.17, 15) is 4.79 Å². The summed E-state index contributed by atoms with van der Waals surface area (Å²) >= 11 is 0. The molecule has 3 aliphatic rings. The molecule has 3 aliphatic carbocycles. The third-order valence-electron chi connectivity index (χ3n) is 6.75. The summed E-state index contributed by atoms with van der Waals surface area (Å²) in [6.45, 7) is 6.20. The van der Waals surface area contributed by atoms with Crippen LogP contribution in [-0.2, 0) is 13.0 Å². The summed E-state index contributed by atoms with van der Waals surface area (Å²) in [5.74, 6) is 1.43. The number of rotatable bonds is 8. The van der Waals surface area contributed by atoms with Gasteiger partial charge in [-0.1, -0.05) is 61.0 Å². The molecule has 1 aromatic heterocycles. The molecule has 0 unspecified atom stereocenters. The van der Waals surface area contributed by atoms with Crippen molar-refractivity contribution in [2.45, 2.75) is 52.5 Å². The molecule has 5 nitrogen and oxygen atoms in total. The normalized spacial score (nSPS) is 22.3. The first-order valence-electron chi connectivity index (χ1n) is 10.4. The SMILES string of the molecule is CC1(C)[C@H]2CC=C(CCNC(=O)c3cn(CCCc4ccccc4)nn3)[C@@H]1C2. The topological polar surface area (TPSA) is 59.8 Å². The highest BCUT2D eigenvalue weighted by atomic mass is 16.2. The highest BCUT2D eigenvalue weighted by Crippen LogP contribution is 2.59. The van der Waals surface area contributed by atoms with Gasteiger partial charge < -0.3 is 5.32 Å². The molecule has 1 fully saturated rings. The number of hydrogen-bond acceptors (Lipinski definition) is 3. The van der Waals surface area contributed by atoms with Gasteiger partial charge in [0.05, 0.1) is 6.20 Å². The molecule has 148 valence electrons. The molecule has 2 atom stereocenters. The third-order valence-corrected chi connectivity index (χ3v) is 6.75. The fourth-order valence-electron chi connectivity index (χ4n) is 4.77. The zero-order chi connectivity index (χ0) is 19.6. The molecule has 28 heavy (non-hydrogen) atoms. The Hall–Kier alpha value is -2.43. The highest BCUT2D eigenvalue weighted by molar-refractivity contribution is 5.91. The molecule has 1 amide bonds. The molecule has 0 radical (unpaired) electrons. The maximum Gasteiger partial charge on any atom is 0.273 e. The number of amides is 1. The number of benzene rings is 1. The first kappa shape index (κ1) is 18.9. The van der Waals surface area contributed by atoms with E-state index in [1.807, 2.05) is 6.07 Å². The Morgan fingerprint density at radius 3 is 2.82 bits per heavy atom. The number of aryl methyl sites for hydroxylation is 2. The highest BCUT2D eigenvalue weighted by Gasteiger charge is 2.50. The fourth-order valence-corrected chi connectivity index (χ4v) is 4.77. The molecule has 1 saturated carbocycles. The lowest BCUT2D eigenvalue weighted by atomic mass is 9.48. The van der Waals surface area contributed by atoms with Gasteiger partial charge in [-0.2, -0.15) is 0 Å². The monoisotopic (exact) mass is 378 g/mol. The molecule has 5 rings (SSSR count). The Kier molecular flexibility index (Phi) is 5.33. The zero-order valence-corrected chi connectivity index (χ0v) is 16.9. The maximum atomic E-state index is 12.4. The predicted octanol–water partition coefficient (Wildman–Crippen LogP) is 4.02. The summed E-state index contributed by atoms with van der Waals surface area (Å²) in [6, 6.07) is 10.4. The molecule has 1 N–H and O–H groups in total. The molecular weight excluding hydrogens is 348 g/mol. The van der Waals surface area contributed by atoms with E-state index in [0.29, 0.717) is 23.6 Å². The second-order valence-corrected chi connectivity index (χ2v) is 8.78. The first-order valence-corrected chi connectivity index (χ1v) is 10.4. The Labute approximate surface area is 167 Å². The van der Waals surface area contributed by atoms with E-state index in [4.69, 9.17) is 0 Å². The van der Waals surface area contributed by atoms with Crippen molar-refractivity contribution in [3.05, 3.63) is 59.4 Å². The zero-order valence-electron chi connectivity index (χ0n) is 16.9. The van der Waals surface area contributed by atoms with Gasteiger partial charge in [0, 0.05) is 13.1 Å². The van der Waals surface area contributed by atoms with Gasteiger partial charge in [-0.05, 0) is 54.9 Å². The molecular formula is C23H30N4O. The smallest absolute Gasteiger partial charge is 0.273 e. The lowest BCUT2D eigenvalue weighted by molar-refractivity contribution is -0.00811. The van der Waals surface area contributed by atoms with Gasteiger partial charge >= 0.3 is 0 Å². The Bertz CT molecular complexity index is 852. The van der Waals surface area contributed by atoms with Crippen LogP contribution < -0.4 is 5.32 Å². The summed E-state index contributed by atoms with van der Waals surface area (Å²) in [7, 11) is 0. The van der Waals surface area contributed by atoms with Crippen molar-refractivity contribution in [3.63, 3.8) is 0 Å². The van der Waals surface area contributed by atoms with Gasteiger partial charge in [0.25, 0.3) is 5.91 Å². The van der Waals surface area contributed by atoms with Crippen LogP contribution in [0.15, 0.2) is 48.2 Å². The van der Waals surface area contributed by atoms with Crippen molar-refractivity contribution in [2.75, 3.05) is 6.54 Å². The summed E-state index contributed by atoms with van der Waals surface area (Å²) in [5, 5.41) is 11.1. The van der Waals surface area contributed by atoms with Crippen LogP contribution in [0.2, 0.25) is 0 Å². The van der Waals surface area contributed by atoms with Crippen LogP contribution in [0.25, 0.3) is 0 Å². The number of nitrogens with one attached hydrogen (secondary N) is 1.